The highest BCUT2D eigenvalue weighted by Gasteiger charge is 2.28. The molecule has 3 heteroatoms. The molecular formula is C13H25NO2. The predicted molar refractivity (Wildman–Crippen MR) is 65.5 cm³/mol. The average molecular weight is 227 g/mol. The van der Waals surface area contributed by atoms with Crippen molar-refractivity contribution >= 4 is 5.97 Å². The molecule has 0 aromatic rings. The van der Waals surface area contributed by atoms with E-state index in [0.29, 0.717) is 0 Å². The molecule has 2 unspecified atom stereocenters. The van der Waals surface area contributed by atoms with E-state index in [2.05, 4.69) is 11.8 Å². The maximum absolute atomic E-state index is 10.9. The molecule has 1 aliphatic heterocycles. The number of carboxylic acid groups (broad SMARTS) is 1. The largest absolute Gasteiger partial charge is 0.481 e. The number of hydrogen-bond acceptors (Lipinski definition) is 2. The van der Waals surface area contributed by atoms with Crippen LogP contribution in [0.4, 0.5) is 0 Å². The summed E-state index contributed by atoms with van der Waals surface area (Å²) in [7, 11) is 0. The molecule has 0 amide bonds. The number of carbonyl (C=O) groups is 1. The lowest BCUT2D eigenvalue weighted by molar-refractivity contribution is -0.143. The summed E-state index contributed by atoms with van der Waals surface area (Å²) in [6.45, 7) is 8.23. The van der Waals surface area contributed by atoms with Crippen molar-refractivity contribution in [1.82, 2.24) is 4.90 Å². The van der Waals surface area contributed by atoms with Gasteiger partial charge in [0.05, 0.1) is 5.92 Å². The topological polar surface area (TPSA) is 40.5 Å². The molecule has 0 aromatic carbocycles. The van der Waals surface area contributed by atoms with Crippen LogP contribution in [0, 0.1) is 11.8 Å². The number of rotatable bonds is 5. The summed E-state index contributed by atoms with van der Waals surface area (Å²) in [5, 5.41) is 8.99. The molecule has 1 rings (SSSR count). The molecule has 94 valence electrons. The average Bonchev–Trinajstić information content (AvgIpc) is 2.28. The zero-order valence-electron chi connectivity index (χ0n) is 10.8. The van der Waals surface area contributed by atoms with Gasteiger partial charge in [0.2, 0.25) is 0 Å². The molecule has 0 bridgehead atoms. The number of hydrogen-bond donors (Lipinski definition) is 1. The number of nitrogens with zero attached hydrogens (tertiary/aromatic N) is 1. The van der Waals surface area contributed by atoms with Gasteiger partial charge in [-0.2, -0.15) is 0 Å². The van der Waals surface area contributed by atoms with Crippen molar-refractivity contribution in [2.45, 2.75) is 52.5 Å². The number of aliphatic carboxylic acids is 1. The van der Waals surface area contributed by atoms with Crippen molar-refractivity contribution in [2.24, 2.45) is 11.8 Å². The van der Waals surface area contributed by atoms with Crippen LogP contribution in [0.25, 0.3) is 0 Å². The second-order valence-corrected chi connectivity index (χ2v) is 5.14. The summed E-state index contributed by atoms with van der Waals surface area (Å²) in [5.74, 6) is -0.0699. The SMILES string of the molecule is CCCC1CCN(C(C)C(C)C(=O)O)CC1. The molecular weight excluding hydrogens is 202 g/mol. The molecule has 0 aromatic heterocycles. The smallest absolute Gasteiger partial charge is 0.307 e. The standard InChI is InChI=1S/C13H25NO2/c1-4-5-12-6-8-14(9-7-12)11(3)10(2)13(15)16/h10-12H,4-9H2,1-3H3,(H,15,16). The van der Waals surface area contributed by atoms with Crippen LogP contribution in [-0.4, -0.2) is 35.1 Å². The van der Waals surface area contributed by atoms with Crippen LogP contribution in [0.15, 0.2) is 0 Å². The molecule has 0 saturated carbocycles. The van der Waals surface area contributed by atoms with Crippen LogP contribution >= 0.6 is 0 Å². The van der Waals surface area contributed by atoms with Gasteiger partial charge in [0.25, 0.3) is 0 Å². The summed E-state index contributed by atoms with van der Waals surface area (Å²) in [6.07, 6.45) is 5.08. The van der Waals surface area contributed by atoms with E-state index in [9.17, 15) is 4.79 Å². The van der Waals surface area contributed by atoms with Crippen LogP contribution < -0.4 is 0 Å². The maximum atomic E-state index is 10.9. The lowest BCUT2D eigenvalue weighted by Gasteiger charge is -2.37. The first-order valence-electron chi connectivity index (χ1n) is 6.53. The van der Waals surface area contributed by atoms with Gasteiger partial charge in [0.1, 0.15) is 0 Å². The molecule has 1 saturated heterocycles. The number of piperidine rings is 1. The van der Waals surface area contributed by atoms with Crippen molar-refractivity contribution < 1.29 is 9.90 Å². The highest BCUT2D eigenvalue weighted by molar-refractivity contribution is 5.70. The van der Waals surface area contributed by atoms with Crippen LogP contribution in [0.1, 0.15) is 46.5 Å². The van der Waals surface area contributed by atoms with Gasteiger partial charge in [-0.05, 0) is 38.8 Å². The molecule has 0 radical (unpaired) electrons. The first kappa shape index (κ1) is 13.5. The zero-order chi connectivity index (χ0) is 12.1. The summed E-state index contributed by atoms with van der Waals surface area (Å²) in [6, 6.07) is 0.167. The van der Waals surface area contributed by atoms with Gasteiger partial charge in [-0.25, -0.2) is 0 Å². The third-order valence-electron chi connectivity index (χ3n) is 4.04. The monoisotopic (exact) mass is 227 g/mol. The Morgan fingerprint density at radius 3 is 2.38 bits per heavy atom. The molecule has 16 heavy (non-hydrogen) atoms. The Balaban J connectivity index is 2.38. The molecule has 2 atom stereocenters. The Morgan fingerprint density at radius 1 is 1.38 bits per heavy atom. The summed E-state index contributed by atoms with van der Waals surface area (Å²) < 4.78 is 0. The van der Waals surface area contributed by atoms with E-state index in [1.54, 1.807) is 0 Å². The second-order valence-electron chi connectivity index (χ2n) is 5.14. The fourth-order valence-corrected chi connectivity index (χ4v) is 2.58. The maximum Gasteiger partial charge on any atom is 0.307 e. The fourth-order valence-electron chi connectivity index (χ4n) is 2.58. The second kappa shape index (κ2) is 6.24. The van der Waals surface area contributed by atoms with Gasteiger partial charge < -0.3 is 5.11 Å². The molecule has 0 spiro atoms. The van der Waals surface area contributed by atoms with Crippen molar-refractivity contribution in [2.75, 3.05) is 13.1 Å². The minimum atomic E-state index is -0.678. The van der Waals surface area contributed by atoms with E-state index in [0.717, 1.165) is 19.0 Å². The molecule has 1 fully saturated rings. The zero-order valence-corrected chi connectivity index (χ0v) is 10.8. The van der Waals surface area contributed by atoms with Crippen molar-refractivity contribution in [3.05, 3.63) is 0 Å². The van der Waals surface area contributed by atoms with E-state index >= 15 is 0 Å². The van der Waals surface area contributed by atoms with Crippen molar-refractivity contribution in [3.63, 3.8) is 0 Å². The Bertz CT molecular complexity index is 222. The van der Waals surface area contributed by atoms with Crippen molar-refractivity contribution in [3.8, 4) is 0 Å². The van der Waals surface area contributed by atoms with E-state index in [1.807, 2.05) is 13.8 Å². The highest BCUT2D eigenvalue weighted by atomic mass is 16.4. The van der Waals surface area contributed by atoms with Gasteiger partial charge in [-0.1, -0.05) is 26.7 Å². The van der Waals surface area contributed by atoms with Gasteiger partial charge in [0.15, 0.2) is 0 Å². The fraction of sp³-hybridized carbons (Fsp3) is 0.923. The van der Waals surface area contributed by atoms with E-state index in [1.165, 1.54) is 25.7 Å². The Hall–Kier alpha value is -0.570. The van der Waals surface area contributed by atoms with Gasteiger partial charge in [-0.3, -0.25) is 9.69 Å². The highest BCUT2D eigenvalue weighted by Crippen LogP contribution is 2.24. The van der Waals surface area contributed by atoms with Crippen LogP contribution in [0.2, 0.25) is 0 Å². The first-order valence-corrected chi connectivity index (χ1v) is 6.53. The van der Waals surface area contributed by atoms with Crippen LogP contribution in [0.3, 0.4) is 0 Å². The minimum absolute atomic E-state index is 0.167. The van der Waals surface area contributed by atoms with E-state index in [-0.39, 0.29) is 12.0 Å². The predicted octanol–water partition coefficient (Wildman–Crippen LogP) is 2.61. The Morgan fingerprint density at radius 2 is 1.94 bits per heavy atom. The Kier molecular flexibility index (Phi) is 5.26. The van der Waals surface area contributed by atoms with Gasteiger partial charge >= 0.3 is 5.97 Å². The van der Waals surface area contributed by atoms with E-state index in [4.69, 9.17) is 5.11 Å². The molecule has 0 aliphatic carbocycles. The summed E-state index contributed by atoms with van der Waals surface area (Å²) >= 11 is 0. The molecule has 1 N–H and O–H groups in total. The summed E-state index contributed by atoms with van der Waals surface area (Å²) in [4.78, 5) is 13.3. The van der Waals surface area contributed by atoms with Crippen LogP contribution in [0.5, 0.6) is 0 Å². The minimum Gasteiger partial charge on any atom is -0.481 e. The molecule has 1 heterocycles. The lowest BCUT2D eigenvalue weighted by atomic mass is 9.90. The number of likely N-dealkylation sites (tertiary alicyclic amines) is 1. The third kappa shape index (κ3) is 3.48. The van der Waals surface area contributed by atoms with E-state index < -0.39 is 5.97 Å². The normalized spacial score (nSPS) is 22.9. The number of carboxylic acids is 1. The first-order chi connectivity index (χ1) is 7.56. The van der Waals surface area contributed by atoms with Crippen LogP contribution in [-0.2, 0) is 4.79 Å². The quantitative estimate of drug-likeness (QED) is 0.785. The molecule has 3 nitrogen and oxygen atoms in total. The summed E-state index contributed by atoms with van der Waals surface area (Å²) in [5.41, 5.74) is 0. The van der Waals surface area contributed by atoms with Crippen molar-refractivity contribution in [1.29, 1.82) is 0 Å². The molecule has 1 aliphatic rings. The Labute approximate surface area is 98.8 Å². The van der Waals surface area contributed by atoms with Gasteiger partial charge in [0, 0.05) is 6.04 Å². The van der Waals surface area contributed by atoms with Gasteiger partial charge in [-0.15, -0.1) is 0 Å². The third-order valence-corrected chi connectivity index (χ3v) is 4.04. The lowest BCUT2D eigenvalue weighted by Crippen LogP contribution is -2.44.